The Kier molecular flexibility index (Phi) is 2.36. The molecule has 2 nitrogen and oxygen atoms in total. The minimum atomic E-state index is 0.845. The Morgan fingerprint density at radius 3 is 3.08 bits per heavy atom. The molecule has 13 heavy (non-hydrogen) atoms. The predicted molar refractivity (Wildman–Crippen MR) is 57.2 cm³/mol. The van der Waals surface area contributed by atoms with Gasteiger partial charge in [-0.2, -0.15) is 0 Å². The van der Waals surface area contributed by atoms with Gasteiger partial charge in [-0.25, -0.2) is 0 Å². The van der Waals surface area contributed by atoms with Crippen LogP contribution in [-0.4, -0.2) is 13.3 Å². The SMILES string of the molecule is COc1cc2c(cc1Br)CCC=N2. The molecule has 0 radical (unpaired) electrons. The molecule has 0 atom stereocenters. The Morgan fingerprint density at radius 1 is 1.46 bits per heavy atom. The summed E-state index contributed by atoms with van der Waals surface area (Å²) >= 11 is 3.46. The minimum absolute atomic E-state index is 0.845. The number of hydrogen-bond donors (Lipinski definition) is 0. The maximum atomic E-state index is 5.19. The largest absolute Gasteiger partial charge is 0.495 e. The molecule has 2 rings (SSSR count). The van der Waals surface area contributed by atoms with Crippen LogP contribution in [0.2, 0.25) is 0 Å². The van der Waals surface area contributed by atoms with E-state index in [0.29, 0.717) is 0 Å². The zero-order chi connectivity index (χ0) is 9.26. The fourth-order valence-corrected chi connectivity index (χ4v) is 2.00. The third kappa shape index (κ3) is 1.61. The van der Waals surface area contributed by atoms with Crippen molar-refractivity contribution in [3.63, 3.8) is 0 Å². The Morgan fingerprint density at radius 2 is 2.31 bits per heavy atom. The van der Waals surface area contributed by atoms with Crippen molar-refractivity contribution in [2.45, 2.75) is 12.8 Å². The normalized spacial score (nSPS) is 14.0. The summed E-state index contributed by atoms with van der Waals surface area (Å²) < 4.78 is 6.20. The van der Waals surface area contributed by atoms with Gasteiger partial charge in [0.2, 0.25) is 0 Å². The van der Waals surface area contributed by atoms with Crippen LogP contribution in [0.1, 0.15) is 12.0 Å². The second kappa shape index (κ2) is 3.50. The van der Waals surface area contributed by atoms with Crippen LogP contribution in [0.25, 0.3) is 0 Å². The maximum Gasteiger partial charge on any atom is 0.135 e. The van der Waals surface area contributed by atoms with E-state index in [1.807, 2.05) is 12.3 Å². The molecule has 0 aromatic heterocycles. The number of halogens is 1. The second-order valence-corrected chi connectivity index (χ2v) is 3.82. The quantitative estimate of drug-likeness (QED) is 0.739. The lowest BCUT2D eigenvalue weighted by atomic mass is 10.1. The topological polar surface area (TPSA) is 21.6 Å². The van der Waals surface area contributed by atoms with E-state index in [-0.39, 0.29) is 0 Å². The molecule has 0 bridgehead atoms. The number of fused-ring (bicyclic) bond motifs is 1. The first-order chi connectivity index (χ1) is 6.31. The predicted octanol–water partition coefficient (Wildman–Crippen LogP) is 3.11. The summed E-state index contributed by atoms with van der Waals surface area (Å²) in [6, 6.07) is 4.06. The average Bonchev–Trinajstić information content (AvgIpc) is 2.17. The van der Waals surface area contributed by atoms with Gasteiger partial charge in [0.05, 0.1) is 17.3 Å². The van der Waals surface area contributed by atoms with Crippen molar-refractivity contribution in [2.75, 3.05) is 7.11 Å². The molecular weight excluding hydrogens is 230 g/mol. The van der Waals surface area contributed by atoms with Gasteiger partial charge in [-0.05, 0) is 40.4 Å². The lowest BCUT2D eigenvalue weighted by Crippen LogP contribution is -1.95. The first-order valence-corrected chi connectivity index (χ1v) is 4.99. The van der Waals surface area contributed by atoms with Gasteiger partial charge in [0.25, 0.3) is 0 Å². The van der Waals surface area contributed by atoms with Gasteiger partial charge in [0.15, 0.2) is 0 Å². The van der Waals surface area contributed by atoms with E-state index in [4.69, 9.17) is 4.74 Å². The van der Waals surface area contributed by atoms with Crippen LogP contribution in [0.5, 0.6) is 5.75 Å². The van der Waals surface area contributed by atoms with Gasteiger partial charge >= 0.3 is 0 Å². The molecule has 0 spiro atoms. The van der Waals surface area contributed by atoms with E-state index < -0.39 is 0 Å². The molecule has 0 saturated heterocycles. The van der Waals surface area contributed by atoms with Crippen molar-refractivity contribution in [3.05, 3.63) is 22.2 Å². The van der Waals surface area contributed by atoms with E-state index in [1.54, 1.807) is 7.11 Å². The molecular formula is C10H10BrNO. The Labute approximate surface area is 85.8 Å². The van der Waals surface area contributed by atoms with E-state index in [1.165, 1.54) is 5.56 Å². The molecule has 1 aliphatic heterocycles. The van der Waals surface area contributed by atoms with Crippen LogP contribution in [0.4, 0.5) is 5.69 Å². The van der Waals surface area contributed by atoms with Gasteiger partial charge in [-0.1, -0.05) is 0 Å². The molecule has 0 unspecified atom stereocenters. The highest BCUT2D eigenvalue weighted by Crippen LogP contribution is 2.34. The van der Waals surface area contributed by atoms with Crippen LogP contribution in [-0.2, 0) is 6.42 Å². The third-order valence-electron chi connectivity index (χ3n) is 2.13. The monoisotopic (exact) mass is 239 g/mol. The Hall–Kier alpha value is -0.830. The van der Waals surface area contributed by atoms with Gasteiger partial charge in [-0.3, -0.25) is 4.99 Å². The molecule has 0 fully saturated rings. The van der Waals surface area contributed by atoms with Crippen molar-refractivity contribution < 1.29 is 4.74 Å². The fraction of sp³-hybridized carbons (Fsp3) is 0.300. The smallest absolute Gasteiger partial charge is 0.135 e. The first-order valence-electron chi connectivity index (χ1n) is 4.20. The summed E-state index contributed by atoms with van der Waals surface area (Å²) in [5.41, 5.74) is 2.32. The summed E-state index contributed by atoms with van der Waals surface area (Å²) in [5.74, 6) is 0.845. The van der Waals surface area contributed by atoms with Crippen molar-refractivity contribution in [1.29, 1.82) is 0 Å². The van der Waals surface area contributed by atoms with Crippen LogP contribution in [0.3, 0.4) is 0 Å². The Balaban J connectivity index is 2.52. The molecule has 0 N–H and O–H groups in total. The molecule has 1 heterocycles. The number of hydrogen-bond acceptors (Lipinski definition) is 2. The lowest BCUT2D eigenvalue weighted by Gasteiger charge is -2.12. The van der Waals surface area contributed by atoms with Gasteiger partial charge in [0.1, 0.15) is 5.75 Å². The number of rotatable bonds is 1. The molecule has 0 saturated carbocycles. The number of benzene rings is 1. The summed E-state index contributed by atoms with van der Waals surface area (Å²) in [5, 5.41) is 0. The zero-order valence-electron chi connectivity index (χ0n) is 7.38. The van der Waals surface area contributed by atoms with E-state index in [2.05, 4.69) is 27.0 Å². The summed E-state index contributed by atoms with van der Waals surface area (Å²) in [6.45, 7) is 0. The highest BCUT2D eigenvalue weighted by molar-refractivity contribution is 9.10. The summed E-state index contributed by atoms with van der Waals surface area (Å²) in [6.07, 6.45) is 4.06. The fourth-order valence-electron chi connectivity index (χ4n) is 1.44. The van der Waals surface area contributed by atoms with Crippen molar-refractivity contribution in [3.8, 4) is 5.75 Å². The van der Waals surface area contributed by atoms with Crippen molar-refractivity contribution in [2.24, 2.45) is 4.99 Å². The van der Waals surface area contributed by atoms with Gasteiger partial charge in [0, 0.05) is 12.3 Å². The summed E-state index contributed by atoms with van der Waals surface area (Å²) in [7, 11) is 1.67. The summed E-state index contributed by atoms with van der Waals surface area (Å²) in [4.78, 5) is 4.32. The zero-order valence-corrected chi connectivity index (χ0v) is 8.97. The maximum absolute atomic E-state index is 5.19. The van der Waals surface area contributed by atoms with E-state index in [9.17, 15) is 0 Å². The van der Waals surface area contributed by atoms with Crippen LogP contribution >= 0.6 is 15.9 Å². The molecule has 3 heteroatoms. The number of methoxy groups -OCH3 is 1. The third-order valence-corrected chi connectivity index (χ3v) is 2.75. The standard InChI is InChI=1S/C10H10BrNO/c1-13-10-6-9-7(5-8(10)11)3-2-4-12-9/h4-6H,2-3H2,1H3. The molecule has 68 valence electrons. The number of aliphatic imine (C=N–C) groups is 1. The van der Waals surface area contributed by atoms with Crippen LogP contribution in [0.15, 0.2) is 21.6 Å². The van der Waals surface area contributed by atoms with Crippen LogP contribution < -0.4 is 4.74 Å². The first kappa shape index (κ1) is 8.75. The molecule has 0 amide bonds. The number of ether oxygens (including phenoxy) is 1. The van der Waals surface area contributed by atoms with Crippen molar-refractivity contribution >= 4 is 27.8 Å². The highest BCUT2D eigenvalue weighted by Gasteiger charge is 2.09. The lowest BCUT2D eigenvalue weighted by molar-refractivity contribution is 0.412. The molecule has 1 aromatic rings. The number of nitrogens with zero attached hydrogens (tertiary/aromatic N) is 1. The van der Waals surface area contributed by atoms with E-state index >= 15 is 0 Å². The Bertz CT molecular complexity index is 360. The highest BCUT2D eigenvalue weighted by atomic mass is 79.9. The molecule has 0 aliphatic carbocycles. The number of aryl methyl sites for hydroxylation is 1. The van der Waals surface area contributed by atoms with E-state index in [0.717, 1.165) is 28.8 Å². The van der Waals surface area contributed by atoms with Crippen LogP contribution in [0, 0.1) is 0 Å². The molecule has 1 aromatic carbocycles. The average molecular weight is 240 g/mol. The minimum Gasteiger partial charge on any atom is -0.495 e. The molecule has 1 aliphatic rings. The van der Waals surface area contributed by atoms with Gasteiger partial charge < -0.3 is 4.74 Å². The second-order valence-electron chi connectivity index (χ2n) is 2.97. The van der Waals surface area contributed by atoms with Crippen molar-refractivity contribution in [1.82, 2.24) is 0 Å². The van der Waals surface area contributed by atoms with Gasteiger partial charge in [-0.15, -0.1) is 0 Å².